The molecule has 4 aliphatic heterocycles. The summed E-state index contributed by atoms with van der Waals surface area (Å²) in [5.74, 6) is -2.01. The number of likely N-dealkylation sites (tertiary alicyclic amines) is 1. The highest BCUT2D eigenvalue weighted by Crippen LogP contribution is 2.39. The fourth-order valence-corrected chi connectivity index (χ4v) is 16.2. The number of amides is 4. The number of nitrogens with one attached hydrogen (secondary N) is 1. The van der Waals surface area contributed by atoms with Crippen molar-refractivity contribution >= 4 is 71.5 Å². The number of aromatic hydroxyl groups is 1. The van der Waals surface area contributed by atoms with Crippen LogP contribution >= 0.6 is 11.6 Å². The SMILES string of the molecule is CCOc1cc(O)c(C(=O)/C=C/c2ccc(N3CCN(CCOCCOCCOc4cccc5c4C(=O)N(C4CCC(=O)NC4=O)C5=O)CC3)cc2Cl)cc1CN1CCC[C@@H]1CO[Si](c1ccccc1)(c1ccccc1)C(C)(C)C. The maximum atomic E-state index is 13.9. The fraction of sp³-hybridized carbons (Fsp3) is 0.403. The molecule has 16 nitrogen and oxygen atoms in total. The molecule has 0 bridgehead atoms. The fourth-order valence-electron chi connectivity index (χ4n) is 11.4. The number of anilines is 1. The van der Waals surface area contributed by atoms with E-state index in [2.05, 4.69) is 101 Å². The Morgan fingerprint density at radius 1 is 0.775 bits per heavy atom. The van der Waals surface area contributed by atoms with Crippen LogP contribution in [0.3, 0.4) is 0 Å². The molecule has 0 aromatic heterocycles. The van der Waals surface area contributed by atoms with Crippen LogP contribution in [0.1, 0.15) is 95.6 Å². The Morgan fingerprint density at radius 3 is 2.15 bits per heavy atom. The van der Waals surface area contributed by atoms with Gasteiger partial charge in [0.05, 0.1) is 56.3 Å². The Bertz CT molecular complexity index is 3020. The van der Waals surface area contributed by atoms with Gasteiger partial charge in [-0.05, 0) is 96.2 Å². The number of phenolic OH excluding ortho intramolecular Hbond substituents is 1. The second kappa shape index (κ2) is 26.3. The molecule has 80 heavy (non-hydrogen) atoms. The van der Waals surface area contributed by atoms with E-state index in [-0.39, 0.29) is 71.1 Å². The normalized spacial score (nSPS) is 18.3. The molecule has 9 rings (SSSR count). The first-order valence-corrected chi connectivity index (χ1v) is 30.0. The Kier molecular flexibility index (Phi) is 19.0. The van der Waals surface area contributed by atoms with Crippen LogP contribution in [0, 0.1) is 0 Å². The van der Waals surface area contributed by atoms with Gasteiger partial charge in [-0.25, -0.2) is 0 Å². The first kappa shape index (κ1) is 58.0. The first-order chi connectivity index (χ1) is 38.7. The average Bonchev–Trinajstić information content (AvgIpc) is 4.08. The molecule has 3 fully saturated rings. The summed E-state index contributed by atoms with van der Waals surface area (Å²) >= 11 is 6.85. The molecule has 0 radical (unpaired) electrons. The minimum absolute atomic E-state index is 0.0422. The Hall–Kier alpha value is -6.70. The van der Waals surface area contributed by atoms with Gasteiger partial charge in [-0.1, -0.05) is 105 Å². The van der Waals surface area contributed by atoms with Crippen molar-refractivity contribution in [3.63, 3.8) is 0 Å². The van der Waals surface area contributed by atoms with Crippen LogP contribution in [-0.2, 0) is 30.0 Å². The van der Waals surface area contributed by atoms with Crippen molar-refractivity contribution in [1.29, 1.82) is 0 Å². The Labute approximate surface area is 474 Å². The monoisotopic (exact) mass is 1130 g/mol. The number of allylic oxidation sites excluding steroid dienone is 1. The lowest BCUT2D eigenvalue weighted by molar-refractivity contribution is -0.136. The van der Waals surface area contributed by atoms with Gasteiger partial charge < -0.3 is 33.4 Å². The van der Waals surface area contributed by atoms with Gasteiger partial charge in [0, 0.05) is 74.1 Å². The minimum Gasteiger partial charge on any atom is -0.507 e. The van der Waals surface area contributed by atoms with Crippen LogP contribution in [-0.4, -0.2) is 155 Å². The molecule has 0 saturated carbocycles. The Morgan fingerprint density at radius 2 is 1.48 bits per heavy atom. The Balaban J connectivity index is 0.717. The zero-order valence-electron chi connectivity index (χ0n) is 46.1. The molecule has 5 aromatic carbocycles. The van der Waals surface area contributed by atoms with Crippen LogP contribution in [0.2, 0.25) is 10.1 Å². The number of rotatable bonds is 24. The van der Waals surface area contributed by atoms with E-state index in [4.69, 9.17) is 35.0 Å². The molecule has 4 heterocycles. The van der Waals surface area contributed by atoms with E-state index in [9.17, 15) is 29.1 Å². The second-order valence-electron chi connectivity index (χ2n) is 21.6. The number of carbonyl (C=O) groups is 5. The third kappa shape index (κ3) is 13.1. The van der Waals surface area contributed by atoms with Gasteiger partial charge in [0.25, 0.3) is 20.1 Å². The lowest BCUT2D eigenvalue weighted by Crippen LogP contribution is -2.67. The van der Waals surface area contributed by atoms with E-state index in [0.29, 0.717) is 55.9 Å². The molecule has 422 valence electrons. The summed E-state index contributed by atoms with van der Waals surface area (Å²) < 4.78 is 30.8. The zero-order valence-corrected chi connectivity index (χ0v) is 47.9. The summed E-state index contributed by atoms with van der Waals surface area (Å²) in [6.45, 7) is 16.9. The van der Waals surface area contributed by atoms with E-state index in [1.54, 1.807) is 30.3 Å². The number of hydrogen-bond acceptors (Lipinski definition) is 14. The lowest BCUT2D eigenvalue weighted by atomic mass is 10.0. The molecule has 1 unspecified atom stereocenters. The van der Waals surface area contributed by atoms with Gasteiger partial charge >= 0.3 is 0 Å². The summed E-state index contributed by atoms with van der Waals surface area (Å²) in [6, 6.07) is 34.4. The molecule has 5 aromatic rings. The maximum absolute atomic E-state index is 13.9. The molecule has 4 aliphatic rings. The highest BCUT2D eigenvalue weighted by Gasteiger charge is 2.51. The van der Waals surface area contributed by atoms with Crippen LogP contribution in [0.4, 0.5) is 5.69 Å². The van der Waals surface area contributed by atoms with E-state index in [0.717, 1.165) is 68.3 Å². The molecular weight excluding hydrogens is 1050 g/mol. The van der Waals surface area contributed by atoms with Gasteiger partial charge in [0.15, 0.2) is 5.78 Å². The number of ketones is 1. The third-order valence-electron chi connectivity index (χ3n) is 15.5. The molecule has 3 saturated heterocycles. The van der Waals surface area contributed by atoms with Crippen molar-refractivity contribution in [2.45, 2.75) is 77.0 Å². The highest BCUT2D eigenvalue weighted by atomic mass is 35.5. The van der Waals surface area contributed by atoms with Crippen molar-refractivity contribution in [3.8, 4) is 17.2 Å². The summed E-state index contributed by atoms with van der Waals surface area (Å²) in [7, 11) is -2.75. The number of benzene rings is 5. The van der Waals surface area contributed by atoms with Crippen LogP contribution in [0.15, 0.2) is 115 Å². The number of hydrogen-bond donors (Lipinski definition) is 2. The summed E-state index contributed by atoms with van der Waals surface area (Å²) in [4.78, 5) is 72.3. The maximum Gasteiger partial charge on any atom is 0.266 e. The van der Waals surface area contributed by atoms with Gasteiger partial charge in [0.1, 0.15) is 29.9 Å². The van der Waals surface area contributed by atoms with E-state index in [1.165, 1.54) is 22.5 Å². The average molecular weight is 1130 g/mol. The van der Waals surface area contributed by atoms with Gasteiger partial charge in [0.2, 0.25) is 11.8 Å². The van der Waals surface area contributed by atoms with E-state index in [1.807, 2.05) is 25.1 Å². The van der Waals surface area contributed by atoms with Crippen LogP contribution < -0.4 is 30.1 Å². The number of fused-ring (bicyclic) bond motifs is 1. The molecule has 2 N–H and O–H groups in total. The summed E-state index contributed by atoms with van der Waals surface area (Å²) in [6.07, 6.45) is 5.28. The quantitative estimate of drug-likeness (QED) is 0.0204. The first-order valence-electron chi connectivity index (χ1n) is 27.8. The lowest BCUT2D eigenvalue weighted by Gasteiger charge is -2.44. The van der Waals surface area contributed by atoms with Crippen LogP contribution in [0.25, 0.3) is 6.08 Å². The van der Waals surface area contributed by atoms with Crippen molar-refractivity contribution in [2.75, 3.05) is 90.4 Å². The number of ether oxygens (including phenoxy) is 4. The van der Waals surface area contributed by atoms with Gasteiger partial charge in [-0.3, -0.25) is 44.0 Å². The van der Waals surface area contributed by atoms with E-state index >= 15 is 0 Å². The number of nitrogens with zero attached hydrogens (tertiary/aromatic N) is 4. The third-order valence-corrected chi connectivity index (χ3v) is 20.8. The smallest absolute Gasteiger partial charge is 0.266 e. The predicted octanol–water partition coefficient (Wildman–Crippen LogP) is 7.52. The number of piperazine rings is 1. The van der Waals surface area contributed by atoms with Crippen molar-refractivity contribution in [1.82, 2.24) is 20.0 Å². The summed E-state index contributed by atoms with van der Waals surface area (Å²) in [5, 5.41) is 16.3. The standard InChI is InChI=1S/C62H72ClN5O11Si/c1-5-77-56-40-54(70)50(38-44(56)41-67-27-13-14-46(67)42-79-80(62(2,3)4,47-15-8-6-9-16-47)48-17-10-7-11-18-48)53(69)25-22-43-21-23-45(39-51(43)63)66-30-28-65(29-31-66)32-33-75-34-35-76-36-37-78-55-20-12-19-49-58(55)61(74)68(60(49)73)52-24-26-57(71)64-59(52)72/h6-12,15-23,25,38-40,46,52,70H,5,13-14,24,26-37,41-42H2,1-4H3,(H,64,71,72)/b25-22+/t46-,52?/m1/s1. The predicted molar refractivity (Wildman–Crippen MR) is 310 cm³/mol. The highest BCUT2D eigenvalue weighted by molar-refractivity contribution is 6.99. The van der Waals surface area contributed by atoms with Crippen molar-refractivity contribution < 1.29 is 52.5 Å². The molecule has 2 atom stereocenters. The van der Waals surface area contributed by atoms with Gasteiger partial charge in [-0.15, -0.1) is 0 Å². The van der Waals surface area contributed by atoms with E-state index < -0.39 is 38.0 Å². The van der Waals surface area contributed by atoms with Crippen LogP contribution in [0.5, 0.6) is 17.2 Å². The second-order valence-corrected chi connectivity index (χ2v) is 26.3. The minimum atomic E-state index is -2.75. The van der Waals surface area contributed by atoms with Crippen molar-refractivity contribution in [2.24, 2.45) is 0 Å². The summed E-state index contributed by atoms with van der Waals surface area (Å²) in [5.41, 5.74) is 2.97. The molecule has 0 aliphatic carbocycles. The van der Waals surface area contributed by atoms with Gasteiger partial charge in [-0.2, -0.15) is 0 Å². The molecule has 18 heteroatoms. The number of carbonyl (C=O) groups excluding carboxylic acids is 5. The molecule has 0 spiro atoms. The molecule has 4 amide bonds. The topological polar surface area (TPSA) is 177 Å². The number of phenols is 1. The number of piperidine rings is 1. The molecular formula is C62H72ClN5O11Si. The number of imide groups is 2. The van der Waals surface area contributed by atoms with Crippen molar-refractivity contribution in [3.05, 3.63) is 148 Å². The zero-order chi connectivity index (χ0) is 56.4. The number of halogens is 1. The largest absolute Gasteiger partial charge is 0.507 e.